The largest absolute Gasteiger partial charge is 0.366 e. The Hall–Kier alpha value is -3.62. The second-order valence-electron chi connectivity index (χ2n) is 7.13. The van der Waals surface area contributed by atoms with Crippen LogP contribution in [0, 0.1) is 17.5 Å². The van der Waals surface area contributed by atoms with Gasteiger partial charge >= 0.3 is 6.03 Å². The first-order valence-corrected chi connectivity index (χ1v) is 9.17. The standard InChI is InChI=1S/C21H17F3N4O2/c22-15-1-2-18(20(25)29)13(6-15)5-12-10-27(11-12)21(30)28-19(3-4-26-28)14-7-16(23)9-17(24)8-14/h1-2,4-9,19H,3,10-11H2,(H2,25,29). The molecule has 4 rings (SSSR count). The van der Waals surface area contributed by atoms with Gasteiger partial charge in [0.2, 0.25) is 5.91 Å². The van der Waals surface area contributed by atoms with E-state index in [1.807, 2.05) is 0 Å². The van der Waals surface area contributed by atoms with Gasteiger partial charge in [0.15, 0.2) is 0 Å². The lowest BCUT2D eigenvalue weighted by molar-refractivity contribution is 0.1000. The smallest absolute Gasteiger partial charge is 0.341 e. The molecule has 3 amide bonds. The van der Waals surface area contributed by atoms with Gasteiger partial charge in [-0.1, -0.05) is 6.08 Å². The fraction of sp³-hybridized carbons (Fsp3) is 0.190. The molecular weight excluding hydrogens is 397 g/mol. The third-order valence-electron chi connectivity index (χ3n) is 4.99. The fourth-order valence-corrected chi connectivity index (χ4v) is 3.56. The summed E-state index contributed by atoms with van der Waals surface area (Å²) in [4.78, 5) is 25.8. The number of primary amides is 1. The van der Waals surface area contributed by atoms with Gasteiger partial charge in [-0.2, -0.15) is 5.10 Å². The Labute approximate surface area is 170 Å². The van der Waals surface area contributed by atoms with E-state index in [2.05, 4.69) is 5.10 Å². The number of carbonyl (C=O) groups excluding carboxylic acids is 2. The lowest BCUT2D eigenvalue weighted by Gasteiger charge is -2.37. The van der Waals surface area contributed by atoms with Crippen LogP contribution in [0.15, 0.2) is 47.1 Å². The van der Waals surface area contributed by atoms with Crippen molar-refractivity contribution in [2.45, 2.75) is 12.5 Å². The van der Waals surface area contributed by atoms with Crippen molar-refractivity contribution in [3.8, 4) is 0 Å². The van der Waals surface area contributed by atoms with E-state index >= 15 is 0 Å². The van der Waals surface area contributed by atoms with Crippen LogP contribution in [0.1, 0.15) is 33.9 Å². The highest BCUT2D eigenvalue weighted by molar-refractivity contribution is 5.96. The summed E-state index contributed by atoms with van der Waals surface area (Å²) >= 11 is 0. The van der Waals surface area contributed by atoms with Crippen molar-refractivity contribution in [2.24, 2.45) is 10.8 Å². The highest BCUT2D eigenvalue weighted by Crippen LogP contribution is 2.32. The highest BCUT2D eigenvalue weighted by Gasteiger charge is 2.35. The number of hydrogen-bond acceptors (Lipinski definition) is 3. The van der Waals surface area contributed by atoms with Crippen LogP contribution in [0.3, 0.4) is 0 Å². The van der Waals surface area contributed by atoms with E-state index in [1.165, 1.54) is 40.4 Å². The van der Waals surface area contributed by atoms with Crippen molar-refractivity contribution in [1.82, 2.24) is 9.91 Å². The van der Waals surface area contributed by atoms with Crippen molar-refractivity contribution in [3.63, 3.8) is 0 Å². The molecule has 0 radical (unpaired) electrons. The second-order valence-corrected chi connectivity index (χ2v) is 7.13. The number of amides is 3. The van der Waals surface area contributed by atoms with Gasteiger partial charge in [-0.15, -0.1) is 0 Å². The predicted octanol–water partition coefficient (Wildman–Crippen LogP) is 3.45. The predicted molar refractivity (Wildman–Crippen MR) is 104 cm³/mol. The number of nitrogens with zero attached hydrogens (tertiary/aromatic N) is 3. The minimum Gasteiger partial charge on any atom is -0.366 e. The molecule has 1 fully saturated rings. The average molecular weight is 414 g/mol. The molecule has 0 aliphatic carbocycles. The van der Waals surface area contributed by atoms with E-state index < -0.39 is 35.4 Å². The van der Waals surface area contributed by atoms with E-state index in [0.29, 0.717) is 17.5 Å². The van der Waals surface area contributed by atoms with E-state index in [9.17, 15) is 22.8 Å². The molecule has 1 unspecified atom stereocenters. The summed E-state index contributed by atoms with van der Waals surface area (Å²) in [5.74, 6) is -2.63. The van der Waals surface area contributed by atoms with Gasteiger partial charge in [0.25, 0.3) is 0 Å². The molecule has 30 heavy (non-hydrogen) atoms. The van der Waals surface area contributed by atoms with E-state index in [4.69, 9.17) is 5.73 Å². The van der Waals surface area contributed by atoms with Crippen LogP contribution < -0.4 is 5.73 Å². The zero-order valence-electron chi connectivity index (χ0n) is 15.7. The molecule has 2 heterocycles. The molecule has 0 saturated carbocycles. The number of carbonyl (C=O) groups is 2. The summed E-state index contributed by atoms with van der Waals surface area (Å²) in [6, 6.07) is 5.79. The van der Waals surface area contributed by atoms with Crippen LogP contribution in [0.2, 0.25) is 0 Å². The highest BCUT2D eigenvalue weighted by atomic mass is 19.1. The maximum absolute atomic E-state index is 13.6. The van der Waals surface area contributed by atoms with Crippen molar-refractivity contribution in [3.05, 3.63) is 76.1 Å². The van der Waals surface area contributed by atoms with Gasteiger partial charge in [0.05, 0.1) is 6.04 Å². The molecule has 1 atom stereocenters. The van der Waals surface area contributed by atoms with Crippen LogP contribution in [0.4, 0.5) is 18.0 Å². The first kappa shape index (κ1) is 19.7. The number of likely N-dealkylation sites (tertiary alicyclic amines) is 1. The van der Waals surface area contributed by atoms with Gasteiger partial charge < -0.3 is 10.6 Å². The van der Waals surface area contributed by atoms with Gasteiger partial charge in [-0.25, -0.2) is 23.0 Å². The van der Waals surface area contributed by atoms with Gasteiger partial charge in [-0.05, 0) is 47.0 Å². The van der Waals surface area contributed by atoms with Gasteiger partial charge in [0, 0.05) is 37.4 Å². The van der Waals surface area contributed by atoms with Crippen molar-refractivity contribution < 1.29 is 22.8 Å². The molecule has 9 heteroatoms. The quantitative estimate of drug-likeness (QED) is 0.835. The SMILES string of the molecule is NC(=O)c1ccc(F)cc1C=C1CN(C(=O)N2N=CCC2c2cc(F)cc(F)c2)C1. The molecule has 2 aromatic carbocycles. The minimum atomic E-state index is -0.723. The Morgan fingerprint density at radius 3 is 2.40 bits per heavy atom. The average Bonchev–Trinajstić information content (AvgIpc) is 3.12. The number of rotatable bonds is 3. The maximum Gasteiger partial charge on any atom is 0.341 e. The van der Waals surface area contributed by atoms with E-state index in [1.54, 1.807) is 6.08 Å². The molecule has 2 aliphatic rings. The summed E-state index contributed by atoms with van der Waals surface area (Å²) in [6.45, 7) is 0.508. The molecule has 0 bridgehead atoms. The van der Waals surface area contributed by atoms with E-state index in [-0.39, 0.29) is 18.7 Å². The Bertz CT molecular complexity index is 1070. The Morgan fingerprint density at radius 1 is 1.03 bits per heavy atom. The first-order chi connectivity index (χ1) is 14.3. The fourth-order valence-electron chi connectivity index (χ4n) is 3.56. The maximum atomic E-state index is 13.6. The van der Waals surface area contributed by atoms with Gasteiger partial charge in [-0.3, -0.25) is 4.79 Å². The zero-order valence-corrected chi connectivity index (χ0v) is 15.7. The summed E-state index contributed by atoms with van der Waals surface area (Å²) in [6.07, 6.45) is 3.49. The Morgan fingerprint density at radius 2 is 1.73 bits per heavy atom. The van der Waals surface area contributed by atoms with Crippen LogP contribution in [-0.4, -0.2) is 41.2 Å². The Balaban J connectivity index is 1.48. The van der Waals surface area contributed by atoms with E-state index in [0.717, 1.165) is 17.7 Å². The van der Waals surface area contributed by atoms with Crippen LogP contribution in [0.5, 0.6) is 0 Å². The Kier molecular flexibility index (Phi) is 5.03. The molecule has 0 aromatic heterocycles. The number of hydrogen-bond donors (Lipinski definition) is 1. The molecule has 154 valence electrons. The normalized spacial score (nSPS) is 17.8. The summed E-state index contributed by atoms with van der Waals surface area (Å²) in [5.41, 5.74) is 6.97. The summed E-state index contributed by atoms with van der Waals surface area (Å²) < 4.78 is 40.7. The lowest BCUT2D eigenvalue weighted by Crippen LogP contribution is -2.49. The van der Waals surface area contributed by atoms with Gasteiger partial charge in [0.1, 0.15) is 17.5 Å². The van der Waals surface area contributed by atoms with Crippen LogP contribution in [-0.2, 0) is 0 Å². The van der Waals surface area contributed by atoms with Crippen molar-refractivity contribution >= 4 is 24.2 Å². The number of hydrazone groups is 1. The summed E-state index contributed by atoms with van der Waals surface area (Å²) in [5, 5.41) is 5.25. The van der Waals surface area contributed by atoms with Crippen molar-refractivity contribution in [1.29, 1.82) is 0 Å². The lowest BCUT2D eigenvalue weighted by atomic mass is 10.00. The molecule has 6 nitrogen and oxygen atoms in total. The number of urea groups is 1. The number of halogens is 3. The minimum absolute atomic E-state index is 0.186. The zero-order chi connectivity index (χ0) is 21.4. The molecule has 1 saturated heterocycles. The summed E-state index contributed by atoms with van der Waals surface area (Å²) in [7, 11) is 0. The second kappa shape index (κ2) is 7.66. The third kappa shape index (κ3) is 3.78. The number of nitrogens with two attached hydrogens (primary N) is 1. The number of benzene rings is 2. The molecule has 0 spiro atoms. The first-order valence-electron chi connectivity index (χ1n) is 9.17. The van der Waals surface area contributed by atoms with Crippen LogP contribution >= 0.6 is 0 Å². The van der Waals surface area contributed by atoms with Crippen LogP contribution in [0.25, 0.3) is 6.08 Å². The third-order valence-corrected chi connectivity index (χ3v) is 4.99. The topological polar surface area (TPSA) is 79.0 Å². The molecular formula is C21H17F3N4O2. The molecule has 2 aromatic rings. The van der Waals surface area contributed by atoms with Crippen molar-refractivity contribution in [2.75, 3.05) is 13.1 Å². The molecule has 2 aliphatic heterocycles. The molecule has 2 N–H and O–H groups in total. The monoisotopic (exact) mass is 414 g/mol.